The SMILES string of the molecule is CC(C)=CCNC(=O)c1cc(N)cc(Br)c1. The maximum atomic E-state index is 11.7. The fourth-order valence-electron chi connectivity index (χ4n) is 1.19. The quantitative estimate of drug-likeness (QED) is 0.662. The van der Waals surface area contributed by atoms with Crippen molar-refractivity contribution in [3.63, 3.8) is 0 Å². The molecule has 1 amide bonds. The van der Waals surface area contributed by atoms with Crippen molar-refractivity contribution in [2.24, 2.45) is 0 Å². The van der Waals surface area contributed by atoms with Crippen LogP contribution in [0.5, 0.6) is 0 Å². The number of nitrogen functional groups attached to an aromatic ring is 1. The second kappa shape index (κ2) is 5.70. The van der Waals surface area contributed by atoms with Crippen LogP contribution in [0.4, 0.5) is 5.69 Å². The van der Waals surface area contributed by atoms with Crippen LogP contribution < -0.4 is 11.1 Å². The molecule has 0 aliphatic carbocycles. The molecule has 0 unspecified atom stereocenters. The molecule has 86 valence electrons. The lowest BCUT2D eigenvalue weighted by Gasteiger charge is -2.04. The topological polar surface area (TPSA) is 55.1 Å². The standard InChI is InChI=1S/C12H15BrN2O/c1-8(2)3-4-15-12(16)9-5-10(13)7-11(14)6-9/h3,5-7H,4,14H2,1-2H3,(H,15,16). The van der Waals surface area contributed by atoms with Gasteiger partial charge in [-0.3, -0.25) is 4.79 Å². The van der Waals surface area contributed by atoms with Gasteiger partial charge in [0.25, 0.3) is 5.91 Å². The molecule has 1 aromatic rings. The van der Waals surface area contributed by atoms with Gasteiger partial charge in [-0.1, -0.05) is 27.6 Å². The third-order valence-electron chi connectivity index (χ3n) is 1.96. The first kappa shape index (κ1) is 12.8. The zero-order valence-corrected chi connectivity index (χ0v) is 11.0. The predicted molar refractivity (Wildman–Crippen MR) is 70.3 cm³/mol. The van der Waals surface area contributed by atoms with Gasteiger partial charge in [0.2, 0.25) is 0 Å². The number of hydrogen-bond acceptors (Lipinski definition) is 2. The van der Waals surface area contributed by atoms with E-state index in [1.54, 1.807) is 18.2 Å². The highest BCUT2D eigenvalue weighted by Crippen LogP contribution is 2.17. The monoisotopic (exact) mass is 282 g/mol. The Hall–Kier alpha value is -1.29. The highest BCUT2D eigenvalue weighted by Gasteiger charge is 2.05. The summed E-state index contributed by atoms with van der Waals surface area (Å²) < 4.78 is 0.805. The van der Waals surface area contributed by atoms with E-state index in [1.165, 1.54) is 5.57 Å². The van der Waals surface area contributed by atoms with Crippen molar-refractivity contribution in [2.75, 3.05) is 12.3 Å². The van der Waals surface area contributed by atoms with Crippen molar-refractivity contribution in [2.45, 2.75) is 13.8 Å². The van der Waals surface area contributed by atoms with Crippen molar-refractivity contribution >= 4 is 27.5 Å². The van der Waals surface area contributed by atoms with E-state index in [9.17, 15) is 4.79 Å². The summed E-state index contributed by atoms with van der Waals surface area (Å²) in [5, 5.41) is 2.79. The molecule has 3 nitrogen and oxygen atoms in total. The third kappa shape index (κ3) is 4.06. The first-order chi connectivity index (χ1) is 7.49. The van der Waals surface area contributed by atoms with E-state index in [2.05, 4.69) is 21.2 Å². The Morgan fingerprint density at radius 3 is 2.69 bits per heavy atom. The number of benzene rings is 1. The van der Waals surface area contributed by atoms with Crippen molar-refractivity contribution in [3.05, 3.63) is 39.9 Å². The molecule has 0 saturated carbocycles. The highest BCUT2D eigenvalue weighted by atomic mass is 79.9. The van der Waals surface area contributed by atoms with Crippen LogP contribution in [0.1, 0.15) is 24.2 Å². The Morgan fingerprint density at radius 1 is 1.44 bits per heavy atom. The van der Waals surface area contributed by atoms with Gasteiger partial charge in [-0.2, -0.15) is 0 Å². The molecule has 1 rings (SSSR count). The predicted octanol–water partition coefficient (Wildman–Crippen LogP) is 2.73. The Kier molecular flexibility index (Phi) is 4.55. The highest BCUT2D eigenvalue weighted by molar-refractivity contribution is 9.10. The molecular formula is C12H15BrN2O. The van der Waals surface area contributed by atoms with Crippen LogP contribution in [0, 0.1) is 0 Å². The van der Waals surface area contributed by atoms with Gasteiger partial charge >= 0.3 is 0 Å². The summed E-state index contributed by atoms with van der Waals surface area (Å²) in [4.78, 5) is 11.7. The molecule has 4 heteroatoms. The average molecular weight is 283 g/mol. The molecule has 0 aliphatic heterocycles. The maximum Gasteiger partial charge on any atom is 0.251 e. The molecule has 0 heterocycles. The second-order valence-electron chi connectivity index (χ2n) is 3.76. The Bertz CT molecular complexity index is 403. The molecule has 0 aliphatic rings. The summed E-state index contributed by atoms with van der Waals surface area (Å²) in [6, 6.07) is 5.16. The first-order valence-electron chi connectivity index (χ1n) is 4.96. The lowest BCUT2D eigenvalue weighted by molar-refractivity contribution is 0.0958. The molecule has 0 aromatic heterocycles. The fourth-order valence-corrected chi connectivity index (χ4v) is 1.70. The van der Waals surface area contributed by atoms with Gasteiger partial charge in [0, 0.05) is 22.3 Å². The van der Waals surface area contributed by atoms with Gasteiger partial charge in [-0.05, 0) is 32.0 Å². The normalized spacial score (nSPS) is 9.69. The van der Waals surface area contributed by atoms with Gasteiger partial charge in [0.15, 0.2) is 0 Å². The molecule has 1 aromatic carbocycles. The maximum absolute atomic E-state index is 11.7. The van der Waals surface area contributed by atoms with Crippen molar-refractivity contribution < 1.29 is 4.79 Å². The zero-order valence-electron chi connectivity index (χ0n) is 9.38. The van der Waals surface area contributed by atoms with Gasteiger partial charge < -0.3 is 11.1 Å². The molecule has 0 radical (unpaired) electrons. The van der Waals surface area contributed by atoms with Gasteiger partial charge in [0.05, 0.1) is 0 Å². The number of carbonyl (C=O) groups is 1. The average Bonchev–Trinajstić information content (AvgIpc) is 2.15. The van der Waals surface area contributed by atoms with Crippen LogP contribution in [0.3, 0.4) is 0 Å². The second-order valence-corrected chi connectivity index (χ2v) is 4.68. The molecule has 16 heavy (non-hydrogen) atoms. The number of rotatable bonds is 3. The van der Waals surface area contributed by atoms with E-state index in [0.717, 1.165) is 4.47 Å². The lowest BCUT2D eigenvalue weighted by atomic mass is 10.2. The summed E-state index contributed by atoms with van der Waals surface area (Å²) in [5.41, 5.74) is 7.96. The number of anilines is 1. The summed E-state index contributed by atoms with van der Waals surface area (Å²) >= 11 is 3.30. The van der Waals surface area contributed by atoms with Crippen LogP contribution in [0.15, 0.2) is 34.3 Å². The van der Waals surface area contributed by atoms with E-state index >= 15 is 0 Å². The van der Waals surface area contributed by atoms with Crippen LogP contribution in [0.25, 0.3) is 0 Å². The number of nitrogens with two attached hydrogens (primary N) is 1. The smallest absolute Gasteiger partial charge is 0.251 e. The lowest BCUT2D eigenvalue weighted by Crippen LogP contribution is -2.23. The van der Waals surface area contributed by atoms with Crippen molar-refractivity contribution in [1.82, 2.24) is 5.32 Å². The minimum absolute atomic E-state index is 0.120. The fraction of sp³-hybridized carbons (Fsp3) is 0.250. The van der Waals surface area contributed by atoms with Crippen LogP contribution >= 0.6 is 15.9 Å². The van der Waals surface area contributed by atoms with Crippen LogP contribution in [-0.4, -0.2) is 12.5 Å². The molecule has 0 saturated heterocycles. The number of nitrogens with one attached hydrogen (secondary N) is 1. The molecule has 0 atom stereocenters. The Labute approximate surface area is 104 Å². The molecule has 0 fully saturated rings. The van der Waals surface area contributed by atoms with E-state index < -0.39 is 0 Å². The molecule has 3 N–H and O–H groups in total. The summed E-state index contributed by atoms with van der Waals surface area (Å²) in [6.07, 6.45) is 1.96. The summed E-state index contributed by atoms with van der Waals surface area (Å²) in [7, 11) is 0. The first-order valence-corrected chi connectivity index (χ1v) is 5.76. The van der Waals surface area contributed by atoms with Crippen LogP contribution in [-0.2, 0) is 0 Å². The van der Waals surface area contributed by atoms with Gasteiger partial charge in [-0.25, -0.2) is 0 Å². The minimum Gasteiger partial charge on any atom is -0.399 e. The number of allylic oxidation sites excluding steroid dienone is 1. The third-order valence-corrected chi connectivity index (χ3v) is 2.41. The van der Waals surface area contributed by atoms with E-state index in [0.29, 0.717) is 17.8 Å². The van der Waals surface area contributed by atoms with Crippen LogP contribution in [0.2, 0.25) is 0 Å². The van der Waals surface area contributed by atoms with Gasteiger partial charge in [0.1, 0.15) is 0 Å². The Morgan fingerprint density at radius 2 is 2.12 bits per heavy atom. The summed E-state index contributed by atoms with van der Waals surface area (Å²) in [5.74, 6) is -0.120. The molecule has 0 bridgehead atoms. The molecular weight excluding hydrogens is 268 g/mol. The van der Waals surface area contributed by atoms with Crippen molar-refractivity contribution in [3.8, 4) is 0 Å². The number of hydrogen-bond donors (Lipinski definition) is 2. The zero-order chi connectivity index (χ0) is 12.1. The number of amides is 1. The number of carbonyl (C=O) groups excluding carboxylic acids is 1. The largest absolute Gasteiger partial charge is 0.399 e. The van der Waals surface area contributed by atoms with E-state index in [1.807, 2.05) is 19.9 Å². The van der Waals surface area contributed by atoms with E-state index in [-0.39, 0.29) is 5.91 Å². The van der Waals surface area contributed by atoms with Gasteiger partial charge in [-0.15, -0.1) is 0 Å². The van der Waals surface area contributed by atoms with E-state index in [4.69, 9.17) is 5.73 Å². The Balaban J connectivity index is 2.69. The minimum atomic E-state index is -0.120. The summed E-state index contributed by atoms with van der Waals surface area (Å²) in [6.45, 7) is 4.51. The molecule has 0 spiro atoms. The van der Waals surface area contributed by atoms with Crippen molar-refractivity contribution in [1.29, 1.82) is 0 Å². The number of halogens is 1.